The normalized spacial score (nSPS) is 15.8. The summed E-state index contributed by atoms with van der Waals surface area (Å²) in [6.07, 6.45) is 5.96. The molecule has 0 bridgehead atoms. The molecule has 96 valence electrons. The largest absolute Gasteiger partial charge is 0.313 e. The molecule has 0 aromatic carbocycles. The Labute approximate surface area is 105 Å². The number of aromatic nitrogens is 2. The van der Waals surface area contributed by atoms with Gasteiger partial charge in [-0.1, -0.05) is 20.8 Å². The lowest BCUT2D eigenvalue weighted by molar-refractivity contribution is 0.468. The van der Waals surface area contributed by atoms with Crippen molar-refractivity contribution in [3.63, 3.8) is 0 Å². The van der Waals surface area contributed by atoms with Crippen molar-refractivity contribution in [1.82, 2.24) is 15.1 Å². The van der Waals surface area contributed by atoms with E-state index in [1.807, 2.05) is 0 Å². The highest BCUT2D eigenvalue weighted by Crippen LogP contribution is 2.41. The molecule has 17 heavy (non-hydrogen) atoms. The second kappa shape index (κ2) is 5.67. The Balaban J connectivity index is 2.06. The summed E-state index contributed by atoms with van der Waals surface area (Å²) in [5, 5.41) is 8.06. The lowest BCUT2D eigenvalue weighted by atomic mass is 10.1. The smallest absolute Gasteiger partial charge is 0.0537 e. The van der Waals surface area contributed by atoms with Crippen molar-refractivity contribution in [3.8, 4) is 0 Å². The van der Waals surface area contributed by atoms with E-state index in [0.29, 0.717) is 5.92 Å². The highest BCUT2D eigenvalue weighted by Gasteiger charge is 2.30. The summed E-state index contributed by atoms with van der Waals surface area (Å²) in [6.45, 7) is 9.86. The molecule has 1 aliphatic carbocycles. The average Bonchev–Trinajstić information content (AvgIpc) is 3.03. The maximum Gasteiger partial charge on any atom is 0.0537 e. The number of rotatable bonds is 7. The summed E-state index contributed by atoms with van der Waals surface area (Å²) in [5.74, 6) is 1.46. The van der Waals surface area contributed by atoms with E-state index in [4.69, 9.17) is 0 Å². The van der Waals surface area contributed by atoms with E-state index in [9.17, 15) is 0 Å². The Bertz CT molecular complexity index is 350. The van der Waals surface area contributed by atoms with Gasteiger partial charge in [0.1, 0.15) is 0 Å². The molecule has 0 atom stereocenters. The highest BCUT2D eigenvalue weighted by molar-refractivity contribution is 5.25. The Kier molecular flexibility index (Phi) is 4.21. The van der Waals surface area contributed by atoms with Gasteiger partial charge in [-0.15, -0.1) is 0 Å². The number of nitrogens with zero attached hydrogens (tertiary/aromatic N) is 2. The summed E-state index contributed by atoms with van der Waals surface area (Å²) in [5.41, 5.74) is 2.92. The fourth-order valence-electron chi connectivity index (χ4n) is 2.29. The number of hydrogen-bond donors (Lipinski definition) is 1. The highest BCUT2D eigenvalue weighted by atomic mass is 15.3. The molecule has 0 unspecified atom stereocenters. The fraction of sp³-hybridized carbons (Fsp3) is 0.786. The van der Waals surface area contributed by atoms with Crippen LogP contribution < -0.4 is 5.32 Å². The Morgan fingerprint density at radius 3 is 2.82 bits per heavy atom. The zero-order valence-electron chi connectivity index (χ0n) is 11.4. The molecule has 1 heterocycles. The average molecular weight is 235 g/mol. The third-order valence-corrected chi connectivity index (χ3v) is 3.20. The van der Waals surface area contributed by atoms with Gasteiger partial charge in [-0.05, 0) is 31.7 Å². The van der Waals surface area contributed by atoms with Gasteiger partial charge in [-0.3, -0.25) is 4.68 Å². The van der Waals surface area contributed by atoms with E-state index < -0.39 is 0 Å². The van der Waals surface area contributed by atoms with E-state index in [2.05, 4.69) is 42.1 Å². The van der Waals surface area contributed by atoms with E-state index in [-0.39, 0.29) is 0 Å². The van der Waals surface area contributed by atoms with Crippen molar-refractivity contribution < 1.29 is 0 Å². The van der Waals surface area contributed by atoms with Gasteiger partial charge in [0.05, 0.1) is 6.20 Å². The zero-order valence-corrected chi connectivity index (χ0v) is 11.4. The molecule has 1 aliphatic rings. The third-order valence-electron chi connectivity index (χ3n) is 3.20. The van der Waals surface area contributed by atoms with Crippen LogP contribution in [-0.2, 0) is 13.1 Å². The maximum absolute atomic E-state index is 4.57. The van der Waals surface area contributed by atoms with Crippen molar-refractivity contribution in [1.29, 1.82) is 0 Å². The lowest BCUT2D eigenvalue weighted by Gasteiger charge is -2.11. The van der Waals surface area contributed by atoms with Gasteiger partial charge in [0, 0.05) is 30.3 Å². The fourth-order valence-corrected chi connectivity index (χ4v) is 2.29. The SMILES string of the molecule is CCCNCc1cnn(CC(C)C)c1C1CC1. The van der Waals surface area contributed by atoms with Gasteiger partial charge in [-0.2, -0.15) is 5.10 Å². The first-order valence-corrected chi connectivity index (χ1v) is 6.97. The summed E-state index contributed by atoms with van der Waals surface area (Å²) in [4.78, 5) is 0. The molecule has 1 aromatic heterocycles. The van der Waals surface area contributed by atoms with Gasteiger partial charge in [0.15, 0.2) is 0 Å². The minimum Gasteiger partial charge on any atom is -0.313 e. The van der Waals surface area contributed by atoms with E-state index >= 15 is 0 Å². The first-order chi connectivity index (χ1) is 8.22. The van der Waals surface area contributed by atoms with Crippen LogP contribution in [0.5, 0.6) is 0 Å². The van der Waals surface area contributed by atoms with Gasteiger partial charge in [-0.25, -0.2) is 0 Å². The van der Waals surface area contributed by atoms with Crippen molar-refractivity contribution in [3.05, 3.63) is 17.5 Å². The minimum atomic E-state index is 0.670. The molecule has 1 aromatic rings. The first-order valence-electron chi connectivity index (χ1n) is 6.97. The lowest BCUT2D eigenvalue weighted by Crippen LogP contribution is -2.16. The quantitative estimate of drug-likeness (QED) is 0.736. The van der Waals surface area contributed by atoms with Crippen LogP contribution in [0.3, 0.4) is 0 Å². The zero-order chi connectivity index (χ0) is 12.3. The van der Waals surface area contributed by atoms with Crippen LogP contribution in [0, 0.1) is 5.92 Å². The van der Waals surface area contributed by atoms with Crippen LogP contribution in [0.15, 0.2) is 6.20 Å². The molecule has 1 fully saturated rings. The molecule has 1 saturated carbocycles. The Hall–Kier alpha value is -0.830. The molecule has 0 aliphatic heterocycles. The number of nitrogens with one attached hydrogen (secondary N) is 1. The number of hydrogen-bond acceptors (Lipinski definition) is 2. The van der Waals surface area contributed by atoms with Crippen molar-refractivity contribution in [2.75, 3.05) is 6.54 Å². The van der Waals surface area contributed by atoms with Crippen LogP contribution in [0.25, 0.3) is 0 Å². The second-order valence-corrected chi connectivity index (χ2v) is 5.58. The van der Waals surface area contributed by atoms with Crippen LogP contribution in [0.1, 0.15) is 57.2 Å². The predicted octanol–water partition coefficient (Wildman–Crippen LogP) is 2.92. The maximum atomic E-state index is 4.57. The van der Waals surface area contributed by atoms with E-state index in [1.165, 1.54) is 30.5 Å². The van der Waals surface area contributed by atoms with Crippen LogP contribution >= 0.6 is 0 Å². The van der Waals surface area contributed by atoms with Gasteiger partial charge in [0.25, 0.3) is 0 Å². The molecule has 3 heteroatoms. The van der Waals surface area contributed by atoms with Crippen molar-refractivity contribution >= 4 is 0 Å². The standard InChI is InChI=1S/C14H25N3/c1-4-7-15-8-13-9-16-17(10-11(2)3)14(13)12-5-6-12/h9,11-12,15H,4-8,10H2,1-3H3. The predicted molar refractivity (Wildman–Crippen MR) is 71.0 cm³/mol. The third kappa shape index (κ3) is 3.32. The van der Waals surface area contributed by atoms with Crippen molar-refractivity contribution in [2.45, 2.75) is 59.0 Å². The summed E-state index contributed by atoms with van der Waals surface area (Å²) < 4.78 is 2.24. The van der Waals surface area contributed by atoms with Gasteiger partial charge in [0.2, 0.25) is 0 Å². The molecule has 3 nitrogen and oxygen atoms in total. The monoisotopic (exact) mass is 235 g/mol. The van der Waals surface area contributed by atoms with Gasteiger partial charge >= 0.3 is 0 Å². The molecule has 0 amide bonds. The molecular formula is C14H25N3. The molecular weight excluding hydrogens is 210 g/mol. The molecule has 1 N–H and O–H groups in total. The molecule has 0 radical (unpaired) electrons. The topological polar surface area (TPSA) is 29.9 Å². The molecule has 2 rings (SSSR count). The summed E-state index contributed by atoms with van der Waals surface area (Å²) in [6, 6.07) is 0. The Morgan fingerprint density at radius 1 is 1.47 bits per heavy atom. The van der Waals surface area contributed by atoms with E-state index in [1.54, 1.807) is 0 Å². The van der Waals surface area contributed by atoms with Crippen LogP contribution in [0.2, 0.25) is 0 Å². The molecule has 0 saturated heterocycles. The second-order valence-electron chi connectivity index (χ2n) is 5.58. The Morgan fingerprint density at radius 2 is 2.24 bits per heavy atom. The first kappa shape index (κ1) is 12.6. The van der Waals surface area contributed by atoms with Crippen molar-refractivity contribution in [2.24, 2.45) is 5.92 Å². The summed E-state index contributed by atoms with van der Waals surface area (Å²) >= 11 is 0. The molecule has 0 spiro atoms. The van der Waals surface area contributed by atoms with E-state index in [0.717, 1.165) is 25.6 Å². The summed E-state index contributed by atoms with van der Waals surface area (Å²) in [7, 11) is 0. The van der Waals surface area contributed by atoms with Crippen LogP contribution in [0.4, 0.5) is 0 Å². The van der Waals surface area contributed by atoms with Crippen LogP contribution in [-0.4, -0.2) is 16.3 Å². The minimum absolute atomic E-state index is 0.670. The van der Waals surface area contributed by atoms with Gasteiger partial charge < -0.3 is 5.32 Å².